The van der Waals surface area contributed by atoms with Crippen LogP contribution in [0, 0.1) is 5.92 Å². The molecule has 1 N–H and O–H groups in total. The molecule has 6 nitrogen and oxygen atoms in total. The number of imidazole rings is 1. The molecule has 6 heteroatoms. The van der Waals surface area contributed by atoms with Gasteiger partial charge < -0.3 is 14.4 Å². The van der Waals surface area contributed by atoms with E-state index in [1.807, 2.05) is 4.57 Å². The number of rotatable bonds is 3. The lowest BCUT2D eigenvalue weighted by molar-refractivity contribution is -0.146. The van der Waals surface area contributed by atoms with Gasteiger partial charge in [0.15, 0.2) is 5.69 Å². The molecule has 21 heavy (non-hydrogen) atoms. The number of aromatic nitrogens is 2. The molecule has 1 unspecified atom stereocenters. The van der Waals surface area contributed by atoms with Gasteiger partial charge in [0, 0.05) is 18.9 Å². The molecule has 114 valence electrons. The van der Waals surface area contributed by atoms with Crippen molar-refractivity contribution in [1.29, 1.82) is 0 Å². The zero-order chi connectivity index (χ0) is 15.0. The van der Waals surface area contributed by atoms with E-state index in [-0.39, 0.29) is 17.6 Å². The van der Waals surface area contributed by atoms with Gasteiger partial charge in [-0.3, -0.25) is 4.79 Å². The predicted octanol–water partition coefficient (Wildman–Crippen LogP) is 1.97. The summed E-state index contributed by atoms with van der Waals surface area (Å²) in [4.78, 5) is 27.6. The first kappa shape index (κ1) is 14.1. The van der Waals surface area contributed by atoms with Crippen molar-refractivity contribution in [3.63, 3.8) is 0 Å². The van der Waals surface area contributed by atoms with Crippen molar-refractivity contribution in [3.05, 3.63) is 17.2 Å². The predicted molar refractivity (Wildman–Crippen MR) is 74.2 cm³/mol. The van der Waals surface area contributed by atoms with Gasteiger partial charge in [-0.15, -0.1) is 0 Å². The first-order valence-corrected chi connectivity index (χ1v) is 7.52. The lowest BCUT2D eigenvalue weighted by Crippen LogP contribution is -2.28. The Labute approximate surface area is 123 Å². The summed E-state index contributed by atoms with van der Waals surface area (Å²) in [7, 11) is 1.37. The van der Waals surface area contributed by atoms with E-state index in [4.69, 9.17) is 4.74 Å². The zero-order valence-electron chi connectivity index (χ0n) is 12.2. The number of carboxylic acids is 1. The maximum Gasteiger partial charge on any atom is 0.356 e. The van der Waals surface area contributed by atoms with Gasteiger partial charge in [-0.25, -0.2) is 9.78 Å². The summed E-state index contributed by atoms with van der Waals surface area (Å²) in [5, 5.41) is 9.39. The monoisotopic (exact) mass is 292 g/mol. The van der Waals surface area contributed by atoms with Gasteiger partial charge in [0.1, 0.15) is 5.82 Å². The highest BCUT2D eigenvalue weighted by atomic mass is 16.5. The first-order chi connectivity index (χ1) is 10.1. The average Bonchev–Trinajstić information content (AvgIpc) is 3.12. The Morgan fingerprint density at radius 2 is 2.00 bits per heavy atom. The van der Waals surface area contributed by atoms with Crippen LogP contribution in [0.25, 0.3) is 0 Å². The third-order valence-electron chi connectivity index (χ3n) is 4.70. The number of carbonyl (C=O) groups excluding carboxylic acids is 1. The Morgan fingerprint density at radius 3 is 2.62 bits per heavy atom. The van der Waals surface area contributed by atoms with Gasteiger partial charge in [0.05, 0.1) is 18.7 Å². The Balaban J connectivity index is 1.97. The van der Waals surface area contributed by atoms with Crippen molar-refractivity contribution in [1.82, 2.24) is 9.55 Å². The second kappa shape index (κ2) is 5.50. The van der Waals surface area contributed by atoms with E-state index in [9.17, 15) is 14.7 Å². The average molecular weight is 292 g/mol. The van der Waals surface area contributed by atoms with Gasteiger partial charge in [0.2, 0.25) is 0 Å². The molecule has 1 aromatic rings. The number of aromatic carboxylic acids is 1. The SMILES string of the molecule is COC(=O)C1CCn2c(C3CCCC3)nc(C(=O)O)c2C1. The van der Waals surface area contributed by atoms with Crippen LogP contribution in [0.3, 0.4) is 0 Å². The third kappa shape index (κ3) is 2.43. The molecular weight excluding hydrogens is 272 g/mol. The van der Waals surface area contributed by atoms with Gasteiger partial charge in [-0.05, 0) is 19.3 Å². The molecule has 1 fully saturated rings. The summed E-state index contributed by atoms with van der Waals surface area (Å²) in [6.45, 7) is 0.654. The molecule has 0 aromatic carbocycles. The summed E-state index contributed by atoms with van der Waals surface area (Å²) >= 11 is 0. The number of carboxylic acid groups (broad SMARTS) is 1. The molecule has 0 amide bonds. The molecule has 0 radical (unpaired) electrons. The molecule has 0 saturated heterocycles. The van der Waals surface area contributed by atoms with E-state index in [0.29, 0.717) is 31.0 Å². The smallest absolute Gasteiger partial charge is 0.356 e. The van der Waals surface area contributed by atoms with Crippen LogP contribution in [-0.4, -0.2) is 33.7 Å². The van der Waals surface area contributed by atoms with Crippen molar-refractivity contribution in [2.75, 3.05) is 7.11 Å². The molecule has 1 aromatic heterocycles. The second-order valence-electron chi connectivity index (χ2n) is 5.92. The van der Waals surface area contributed by atoms with E-state index in [1.54, 1.807) is 0 Å². The molecule has 1 aliphatic heterocycles. The number of nitrogens with zero attached hydrogens (tertiary/aromatic N) is 2. The number of esters is 1. The Kier molecular flexibility index (Phi) is 3.69. The van der Waals surface area contributed by atoms with Gasteiger partial charge in [-0.2, -0.15) is 0 Å². The molecule has 2 heterocycles. The van der Waals surface area contributed by atoms with E-state index < -0.39 is 5.97 Å². The highest BCUT2D eigenvalue weighted by molar-refractivity contribution is 5.87. The minimum atomic E-state index is -1.01. The molecule has 1 aliphatic carbocycles. The van der Waals surface area contributed by atoms with Crippen LogP contribution in [0.15, 0.2) is 0 Å². The van der Waals surface area contributed by atoms with Gasteiger partial charge >= 0.3 is 11.9 Å². The molecular formula is C15H20N2O4. The van der Waals surface area contributed by atoms with Crippen LogP contribution in [-0.2, 0) is 22.5 Å². The van der Waals surface area contributed by atoms with Gasteiger partial charge in [-0.1, -0.05) is 12.8 Å². The van der Waals surface area contributed by atoms with Crippen LogP contribution < -0.4 is 0 Å². The van der Waals surface area contributed by atoms with Crippen molar-refractivity contribution < 1.29 is 19.4 Å². The molecule has 1 saturated carbocycles. The number of carbonyl (C=O) groups is 2. The van der Waals surface area contributed by atoms with Crippen LogP contribution >= 0.6 is 0 Å². The zero-order valence-corrected chi connectivity index (χ0v) is 12.2. The second-order valence-corrected chi connectivity index (χ2v) is 5.92. The summed E-state index contributed by atoms with van der Waals surface area (Å²) in [5.41, 5.74) is 0.802. The third-order valence-corrected chi connectivity index (χ3v) is 4.70. The molecule has 0 spiro atoms. The summed E-state index contributed by atoms with van der Waals surface area (Å²) in [6.07, 6.45) is 5.62. The van der Waals surface area contributed by atoms with E-state index in [2.05, 4.69) is 4.98 Å². The van der Waals surface area contributed by atoms with E-state index in [0.717, 1.165) is 18.7 Å². The highest BCUT2D eigenvalue weighted by Crippen LogP contribution is 2.36. The van der Waals surface area contributed by atoms with Crippen LogP contribution in [0.1, 0.15) is 60.0 Å². The topological polar surface area (TPSA) is 81.4 Å². The van der Waals surface area contributed by atoms with Gasteiger partial charge in [0.25, 0.3) is 0 Å². The lowest BCUT2D eigenvalue weighted by atomic mass is 9.94. The van der Waals surface area contributed by atoms with Crippen LogP contribution in [0.2, 0.25) is 0 Å². The standard InChI is InChI=1S/C15H20N2O4/c1-21-15(20)10-6-7-17-11(8-10)12(14(18)19)16-13(17)9-4-2-3-5-9/h9-10H,2-8H2,1H3,(H,18,19). The number of ether oxygens (including phenoxy) is 1. The summed E-state index contributed by atoms with van der Waals surface area (Å²) < 4.78 is 6.84. The maximum atomic E-state index is 11.7. The molecule has 1 atom stereocenters. The fourth-order valence-corrected chi connectivity index (χ4v) is 3.62. The first-order valence-electron chi connectivity index (χ1n) is 7.52. The number of hydrogen-bond donors (Lipinski definition) is 1. The quantitative estimate of drug-likeness (QED) is 0.861. The number of methoxy groups -OCH3 is 1. The minimum Gasteiger partial charge on any atom is -0.476 e. The Hall–Kier alpha value is -1.85. The Morgan fingerprint density at radius 1 is 1.29 bits per heavy atom. The molecule has 0 bridgehead atoms. The van der Waals surface area contributed by atoms with E-state index >= 15 is 0 Å². The normalized spacial score (nSPS) is 22.0. The highest BCUT2D eigenvalue weighted by Gasteiger charge is 2.34. The number of hydrogen-bond acceptors (Lipinski definition) is 4. The lowest BCUT2D eigenvalue weighted by Gasteiger charge is -2.24. The minimum absolute atomic E-state index is 0.116. The van der Waals surface area contributed by atoms with Crippen molar-refractivity contribution in [2.45, 2.75) is 51.0 Å². The molecule has 2 aliphatic rings. The summed E-state index contributed by atoms with van der Waals surface area (Å²) in [5.74, 6) is -0.252. The van der Waals surface area contributed by atoms with Crippen LogP contribution in [0.4, 0.5) is 0 Å². The van der Waals surface area contributed by atoms with Crippen LogP contribution in [0.5, 0.6) is 0 Å². The Bertz CT molecular complexity index is 572. The fourth-order valence-electron chi connectivity index (χ4n) is 3.62. The fraction of sp³-hybridized carbons (Fsp3) is 0.667. The largest absolute Gasteiger partial charge is 0.476 e. The number of fused-ring (bicyclic) bond motifs is 1. The maximum absolute atomic E-state index is 11.7. The summed E-state index contributed by atoms with van der Waals surface area (Å²) in [6, 6.07) is 0. The molecule has 3 rings (SSSR count). The van der Waals surface area contributed by atoms with Crippen molar-refractivity contribution >= 4 is 11.9 Å². The van der Waals surface area contributed by atoms with Crippen molar-refractivity contribution in [2.24, 2.45) is 5.92 Å². The van der Waals surface area contributed by atoms with Crippen molar-refractivity contribution in [3.8, 4) is 0 Å². The van der Waals surface area contributed by atoms with E-state index in [1.165, 1.54) is 20.0 Å².